The number of ether oxygens (including phenoxy) is 2. The average molecular weight is 342 g/mol. The number of hydrogen-bond acceptors (Lipinski definition) is 6. The van der Waals surface area contributed by atoms with Gasteiger partial charge in [0.25, 0.3) is 0 Å². The summed E-state index contributed by atoms with van der Waals surface area (Å²) in [5, 5.41) is 18.4. The summed E-state index contributed by atoms with van der Waals surface area (Å²) in [6.45, 7) is 11.0. The fourth-order valence-electron chi connectivity index (χ4n) is 1.72. The monoisotopic (exact) mass is 342 g/mol. The fourth-order valence-corrected chi connectivity index (χ4v) is 1.72. The smallest absolute Gasteiger partial charge is 0.345 e. The van der Waals surface area contributed by atoms with E-state index in [-0.39, 0.29) is 24.2 Å². The molecule has 0 aliphatic heterocycles. The molecule has 0 spiro atoms. The third-order valence-electron chi connectivity index (χ3n) is 3.01. The Morgan fingerprint density at radius 3 is 1.83 bits per heavy atom. The average Bonchev–Trinajstić information content (AvgIpc) is 2.46. The number of hydrogen-bond donors (Lipinski definition) is 2. The summed E-state index contributed by atoms with van der Waals surface area (Å²) in [5.74, 6) is -6.60. The summed E-state index contributed by atoms with van der Waals surface area (Å²) in [6, 6.07) is 0. The van der Waals surface area contributed by atoms with E-state index in [9.17, 15) is 24.3 Å². The van der Waals surface area contributed by atoms with Crippen LogP contribution in [0.1, 0.15) is 27.2 Å². The molecule has 0 amide bonds. The first-order valence-electron chi connectivity index (χ1n) is 7.12. The SMILES string of the molecule is C=C(C)C(=O)OCC(C)CC(C(=O)O)C(OC(=O)C(=C)C)C(=O)O. The van der Waals surface area contributed by atoms with Crippen molar-refractivity contribution in [1.29, 1.82) is 0 Å². The molecule has 8 heteroatoms. The maximum atomic E-state index is 11.5. The molecule has 0 aliphatic carbocycles. The molecule has 0 aromatic carbocycles. The van der Waals surface area contributed by atoms with Crippen molar-refractivity contribution in [2.24, 2.45) is 11.8 Å². The largest absolute Gasteiger partial charge is 0.481 e. The molecule has 0 saturated heterocycles. The van der Waals surface area contributed by atoms with Gasteiger partial charge in [-0.3, -0.25) is 4.79 Å². The first-order valence-corrected chi connectivity index (χ1v) is 7.12. The van der Waals surface area contributed by atoms with Gasteiger partial charge >= 0.3 is 23.9 Å². The summed E-state index contributed by atoms with van der Waals surface area (Å²) in [7, 11) is 0. The van der Waals surface area contributed by atoms with Crippen LogP contribution in [0.2, 0.25) is 0 Å². The topological polar surface area (TPSA) is 127 Å². The van der Waals surface area contributed by atoms with E-state index in [0.717, 1.165) is 0 Å². The summed E-state index contributed by atoms with van der Waals surface area (Å²) in [5.41, 5.74) is 0.143. The second kappa shape index (κ2) is 9.49. The van der Waals surface area contributed by atoms with Gasteiger partial charge in [0.1, 0.15) is 5.92 Å². The van der Waals surface area contributed by atoms with Crippen molar-refractivity contribution >= 4 is 23.9 Å². The lowest BCUT2D eigenvalue weighted by atomic mass is 9.91. The Balaban J connectivity index is 5.03. The zero-order valence-electron chi connectivity index (χ0n) is 13.9. The molecule has 0 aliphatic rings. The van der Waals surface area contributed by atoms with Crippen molar-refractivity contribution < 1.29 is 38.9 Å². The molecule has 134 valence electrons. The van der Waals surface area contributed by atoms with E-state index in [2.05, 4.69) is 13.2 Å². The molecule has 0 heterocycles. The number of rotatable bonds is 10. The van der Waals surface area contributed by atoms with Crippen molar-refractivity contribution in [2.75, 3.05) is 6.61 Å². The number of carboxylic acid groups (broad SMARTS) is 2. The molecule has 0 rings (SSSR count). The van der Waals surface area contributed by atoms with E-state index in [0.29, 0.717) is 0 Å². The fraction of sp³-hybridized carbons (Fsp3) is 0.500. The van der Waals surface area contributed by atoms with Crippen LogP contribution < -0.4 is 0 Å². The highest BCUT2D eigenvalue weighted by molar-refractivity contribution is 5.90. The quantitative estimate of drug-likeness (QED) is 0.450. The van der Waals surface area contributed by atoms with Crippen molar-refractivity contribution in [3.8, 4) is 0 Å². The number of aliphatic carboxylic acids is 2. The van der Waals surface area contributed by atoms with Gasteiger partial charge in [0, 0.05) is 11.1 Å². The maximum absolute atomic E-state index is 11.5. The van der Waals surface area contributed by atoms with Crippen LogP contribution in [0.15, 0.2) is 24.3 Å². The van der Waals surface area contributed by atoms with Crippen LogP contribution in [-0.4, -0.2) is 46.8 Å². The standard InChI is InChI=1S/C16H22O8/c1-8(2)15(21)23-7-10(5)6-11(13(17)18)12(14(19)20)24-16(22)9(3)4/h10-12H,1,3,6-7H2,2,4-5H3,(H,17,18)(H,19,20). The Bertz CT molecular complexity index is 548. The van der Waals surface area contributed by atoms with Crippen LogP contribution in [-0.2, 0) is 28.7 Å². The highest BCUT2D eigenvalue weighted by atomic mass is 16.6. The lowest BCUT2D eigenvalue weighted by Gasteiger charge is -2.23. The first-order chi connectivity index (χ1) is 11.0. The van der Waals surface area contributed by atoms with Crippen molar-refractivity contribution in [3.63, 3.8) is 0 Å². The number of esters is 2. The van der Waals surface area contributed by atoms with Crippen LogP contribution in [0.5, 0.6) is 0 Å². The summed E-state index contributed by atoms with van der Waals surface area (Å²) in [6.07, 6.45) is -2.04. The van der Waals surface area contributed by atoms with Crippen molar-refractivity contribution in [3.05, 3.63) is 24.3 Å². The van der Waals surface area contributed by atoms with E-state index in [4.69, 9.17) is 14.6 Å². The first kappa shape index (κ1) is 21.4. The molecular formula is C16H22O8. The predicted molar refractivity (Wildman–Crippen MR) is 83.0 cm³/mol. The summed E-state index contributed by atoms with van der Waals surface area (Å²) < 4.78 is 9.63. The third kappa shape index (κ3) is 7.08. The Morgan fingerprint density at radius 1 is 0.958 bits per heavy atom. The van der Waals surface area contributed by atoms with Gasteiger partial charge in [0.05, 0.1) is 6.61 Å². The molecule has 2 N–H and O–H groups in total. The Morgan fingerprint density at radius 2 is 1.46 bits per heavy atom. The second-order valence-electron chi connectivity index (χ2n) is 5.61. The highest BCUT2D eigenvalue weighted by Gasteiger charge is 2.38. The normalized spacial score (nSPS) is 14.0. The number of carbonyl (C=O) groups is 4. The molecule has 8 nitrogen and oxygen atoms in total. The van der Waals surface area contributed by atoms with Gasteiger partial charge in [-0.15, -0.1) is 0 Å². The molecule has 0 radical (unpaired) electrons. The lowest BCUT2D eigenvalue weighted by Crippen LogP contribution is -2.40. The highest BCUT2D eigenvalue weighted by Crippen LogP contribution is 2.21. The van der Waals surface area contributed by atoms with Crippen LogP contribution in [0.25, 0.3) is 0 Å². The van der Waals surface area contributed by atoms with Crippen LogP contribution in [0, 0.1) is 11.8 Å². The maximum Gasteiger partial charge on any atom is 0.345 e. The van der Waals surface area contributed by atoms with Gasteiger partial charge in [-0.2, -0.15) is 0 Å². The zero-order valence-corrected chi connectivity index (χ0v) is 13.9. The Hall–Kier alpha value is -2.64. The van der Waals surface area contributed by atoms with Gasteiger partial charge in [-0.25, -0.2) is 14.4 Å². The van der Waals surface area contributed by atoms with Crippen molar-refractivity contribution in [2.45, 2.75) is 33.3 Å². The molecule has 0 bridgehead atoms. The van der Waals surface area contributed by atoms with Gasteiger partial charge < -0.3 is 19.7 Å². The molecular weight excluding hydrogens is 320 g/mol. The van der Waals surface area contributed by atoms with E-state index in [1.807, 2.05) is 0 Å². The molecule has 0 aromatic heterocycles. The lowest BCUT2D eigenvalue weighted by molar-refractivity contribution is -0.171. The minimum Gasteiger partial charge on any atom is -0.481 e. The minimum absolute atomic E-state index is 0.0474. The van der Waals surface area contributed by atoms with Gasteiger partial charge in [-0.05, 0) is 26.2 Å². The molecule has 0 saturated carbocycles. The molecule has 0 aromatic rings. The van der Waals surface area contributed by atoms with Crippen LogP contribution in [0.4, 0.5) is 0 Å². The van der Waals surface area contributed by atoms with Crippen LogP contribution in [0.3, 0.4) is 0 Å². The van der Waals surface area contributed by atoms with E-state index < -0.39 is 41.8 Å². The van der Waals surface area contributed by atoms with Gasteiger partial charge in [0.2, 0.25) is 6.10 Å². The molecule has 24 heavy (non-hydrogen) atoms. The molecule has 3 unspecified atom stereocenters. The van der Waals surface area contributed by atoms with Gasteiger partial charge in [-0.1, -0.05) is 20.1 Å². The predicted octanol–water partition coefficient (Wildman–Crippen LogP) is 1.41. The minimum atomic E-state index is -1.87. The summed E-state index contributed by atoms with van der Waals surface area (Å²) in [4.78, 5) is 45.5. The molecule has 0 fully saturated rings. The summed E-state index contributed by atoms with van der Waals surface area (Å²) >= 11 is 0. The third-order valence-corrected chi connectivity index (χ3v) is 3.01. The van der Waals surface area contributed by atoms with Gasteiger partial charge in [0.15, 0.2) is 0 Å². The zero-order chi connectivity index (χ0) is 19.0. The molecule has 3 atom stereocenters. The Labute approximate surface area is 139 Å². The van der Waals surface area contributed by atoms with E-state index >= 15 is 0 Å². The van der Waals surface area contributed by atoms with E-state index in [1.54, 1.807) is 6.92 Å². The number of carboxylic acids is 2. The van der Waals surface area contributed by atoms with Crippen LogP contribution >= 0.6 is 0 Å². The van der Waals surface area contributed by atoms with E-state index in [1.165, 1.54) is 13.8 Å². The second-order valence-corrected chi connectivity index (χ2v) is 5.61. The number of carbonyl (C=O) groups excluding carboxylic acids is 2. The Kier molecular flexibility index (Phi) is 8.44. The van der Waals surface area contributed by atoms with Crippen molar-refractivity contribution in [1.82, 2.24) is 0 Å².